The van der Waals surface area contributed by atoms with Gasteiger partial charge in [0.1, 0.15) is 18.3 Å². The third-order valence-corrected chi connectivity index (χ3v) is 1.59. The molecule has 0 unspecified atom stereocenters. The molecule has 1 aromatic rings. The first-order chi connectivity index (χ1) is 7.39. The van der Waals surface area contributed by atoms with Gasteiger partial charge < -0.3 is 10.5 Å². The molecule has 1 heterocycles. The number of rotatable bonds is 2. The number of aromatic nitrogens is 1. The minimum absolute atomic E-state index is 0.448. The van der Waals surface area contributed by atoms with Crippen LogP contribution in [0.2, 0.25) is 0 Å². The van der Waals surface area contributed by atoms with E-state index in [0.29, 0.717) is 0 Å². The highest BCUT2D eigenvalue weighted by molar-refractivity contribution is 5.61. The minimum atomic E-state index is -5.01. The van der Waals surface area contributed by atoms with Crippen LogP contribution in [-0.4, -0.2) is 11.3 Å². The predicted molar refractivity (Wildman–Crippen MR) is 44.9 cm³/mol. The number of nitriles is 1. The molecule has 0 saturated carbocycles. The number of ether oxygens (including phenoxy) is 1. The lowest BCUT2D eigenvalue weighted by Gasteiger charge is -2.13. The van der Waals surface area contributed by atoms with Crippen LogP contribution in [0.15, 0.2) is 6.20 Å². The molecule has 0 atom stereocenters. The fourth-order valence-corrected chi connectivity index (χ4v) is 0.988. The maximum absolute atomic E-state index is 12.3. The molecule has 0 aliphatic carbocycles. The molecule has 0 spiro atoms. The maximum Gasteiger partial charge on any atom is 0.573 e. The van der Waals surface area contributed by atoms with Crippen molar-refractivity contribution < 1.29 is 22.3 Å². The van der Waals surface area contributed by atoms with Crippen LogP contribution >= 0.6 is 0 Å². The van der Waals surface area contributed by atoms with Crippen molar-refractivity contribution in [1.29, 1.82) is 5.26 Å². The predicted octanol–water partition coefficient (Wildman–Crippen LogP) is 1.90. The van der Waals surface area contributed by atoms with Gasteiger partial charge in [0.25, 0.3) is 0 Å². The molecule has 2 N–H and O–H groups in total. The largest absolute Gasteiger partial charge is 0.573 e. The molecule has 1 rings (SSSR count). The molecule has 0 aliphatic rings. The summed E-state index contributed by atoms with van der Waals surface area (Å²) in [6.45, 7) is -1.18. The van der Waals surface area contributed by atoms with Crippen LogP contribution in [0, 0.1) is 11.3 Å². The normalized spacial score (nSPS) is 10.9. The molecule has 0 aromatic carbocycles. The molecule has 86 valence electrons. The highest BCUT2D eigenvalue weighted by Crippen LogP contribution is 2.32. The molecule has 0 amide bonds. The Bertz CT molecular complexity index is 438. The number of anilines is 1. The topological polar surface area (TPSA) is 71.9 Å². The Morgan fingerprint density at radius 3 is 2.56 bits per heavy atom. The van der Waals surface area contributed by atoms with E-state index in [9.17, 15) is 17.6 Å². The van der Waals surface area contributed by atoms with E-state index < -0.39 is 35.7 Å². The summed E-state index contributed by atoms with van der Waals surface area (Å²) in [5.74, 6) is -0.919. The van der Waals surface area contributed by atoms with Gasteiger partial charge in [-0.25, -0.2) is 4.39 Å². The van der Waals surface area contributed by atoms with Gasteiger partial charge in [-0.2, -0.15) is 5.26 Å². The number of alkyl halides is 4. The Kier molecular flexibility index (Phi) is 3.17. The molecular formula is C8H5F4N3O. The Labute approximate surface area is 87.3 Å². The minimum Gasteiger partial charge on any atom is -0.402 e. The summed E-state index contributed by atoms with van der Waals surface area (Å²) in [6, 6.07) is 1.37. The monoisotopic (exact) mass is 235 g/mol. The number of nitrogens with two attached hydrogens (primary N) is 1. The fourth-order valence-electron chi connectivity index (χ4n) is 0.988. The quantitative estimate of drug-likeness (QED) is 0.794. The van der Waals surface area contributed by atoms with Crippen molar-refractivity contribution >= 4 is 5.69 Å². The SMILES string of the molecule is N#Cc1c(CF)ncc(N)c1OC(F)(F)F. The Hall–Kier alpha value is -2.04. The van der Waals surface area contributed by atoms with Crippen LogP contribution in [0.25, 0.3) is 0 Å². The van der Waals surface area contributed by atoms with Gasteiger partial charge in [0.15, 0.2) is 5.75 Å². The van der Waals surface area contributed by atoms with E-state index in [1.54, 1.807) is 0 Å². The number of pyridine rings is 1. The zero-order valence-electron chi connectivity index (χ0n) is 7.68. The first kappa shape index (κ1) is 12.0. The summed E-state index contributed by atoms with van der Waals surface area (Å²) in [6.07, 6.45) is -4.20. The van der Waals surface area contributed by atoms with E-state index in [0.717, 1.165) is 6.20 Å². The van der Waals surface area contributed by atoms with Crippen LogP contribution in [0.4, 0.5) is 23.2 Å². The van der Waals surface area contributed by atoms with Crippen molar-refractivity contribution in [1.82, 2.24) is 4.98 Å². The van der Waals surface area contributed by atoms with Gasteiger partial charge >= 0.3 is 6.36 Å². The second-order valence-electron chi connectivity index (χ2n) is 2.66. The van der Waals surface area contributed by atoms with Crippen LogP contribution in [0.1, 0.15) is 11.3 Å². The van der Waals surface area contributed by atoms with Crippen molar-refractivity contribution in [2.24, 2.45) is 0 Å². The zero-order valence-corrected chi connectivity index (χ0v) is 7.68. The molecule has 8 heteroatoms. The first-order valence-electron chi connectivity index (χ1n) is 3.88. The molecular weight excluding hydrogens is 230 g/mol. The lowest BCUT2D eigenvalue weighted by atomic mass is 10.2. The number of hydrogen-bond acceptors (Lipinski definition) is 4. The van der Waals surface area contributed by atoms with Gasteiger partial charge in [0.2, 0.25) is 0 Å². The van der Waals surface area contributed by atoms with E-state index in [4.69, 9.17) is 11.0 Å². The van der Waals surface area contributed by atoms with Gasteiger partial charge in [0, 0.05) is 0 Å². The molecule has 0 bridgehead atoms. The van der Waals surface area contributed by atoms with E-state index >= 15 is 0 Å². The second-order valence-corrected chi connectivity index (χ2v) is 2.66. The summed E-state index contributed by atoms with van der Waals surface area (Å²) in [4.78, 5) is 3.39. The van der Waals surface area contributed by atoms with Crippen molar-refractivity contribution in [3.05, 3.63) is 17.5 Å². The van der Waals surface area contributed by atoms with Gasteiger partial charge in [-0.1, -0.05) is 0 Å². The highest BCUT2D eigenvalue weighted by Gasteiger charge is 2.34. The smallest absolute Gasteiger partial charge is 0.402 e. The number of nitrogens with zero attached hydrogens (tertiary/aromatic N) is 2. The van der Waals surface area contributed by atoms with Crippen molar-refractivity contribution in [3.63, 3.8) is 0 Å². The summed E-state index contributed by atoms with van der Waals surface area (Å²) in [7, 11) is 0. The van der Waals surface area contributed by atoms with E-state index in [-0.39, 0.29) is 0 Å². The summed E-state index contributed by atoms with van der Waals surface area (Å²) in [5, 5.41) is 8.59. The van der Waals surface area contributed by atoms with Crippen molar-refractivity contribution in [2.75, 3.05) is 5.73 Å². The summed E-state index contributed by atoms with van der Waals surface area (Å²) < 4.78 is 51.8. The van der Waals surface area contributed by atoms with Crippen LogP contribution < -0.4 is 10.5 Å². The molecule has 0 fully saturated rings. The highest BCUT2D eigenvalue weighted by atomic mass is 19.4. The van der Waals surface area contributed by atoms with Gasteiger partial charge in [-0.15, -0.1) is 13.2 Å². The Morgan fingerprint density at radius 1 is 1.50 bits per heavy atom. The number of halogens is 4. The lowest BCUT2D eigenvalue weighted by molar-refractivity contribution is -0.274. The Morgan fingerprint density at radius 2 is 2.12 bits per heavy atom. The van der Waals surface area contributed by atoms with Gasteiger partial charge in [-0.3, -0.25) is 4.98 Å². The molecule has 0 saturated heterocycles. The average molecular weight is 235 g/mol. The van der Waals surface area contributed by atoms with E-state index in [1.165, 1.54) is 6.07 Å². The third-order valence-electron chi connectivity index (χ3n) is 1.59. The van der Waals surface area contributed by atoms with E-state index in [1.807, 2.05) is 0 Å². The second kappa shape index (κ2) is 4.22. The fraction of sp³-hybridized carbons (Fsp3) is 0.250. The van der Waals surface area contributed by atoms with Crippen molar-refractivity contribution in [2.45, 2.75) is 13.0 Å². The first-order valence-corrected chi connectivity index (χ1v) is 3.88. The van der Waals surface area contributed by atoms with Crippen LogP contribution in [-0.2, 0) is 6.67 Å². The third kappa shape index (κ3) is 2.50. The van der Waals surface area contributed by atoms with Gasteiger partial charge in [0.05, 0.1) is 17.6 Å². The zero-order chi connectivity index (χ0) is 12.3. The van der Waals surface area contributed by atoms with Gasteiger partial charge in [-0.05, 0) is 0 Å². The molecule has 0 aliphatic heterocycles. The molecule has 1 aromatic heterocycles. The van der Waals surface area contributed by atoms with E-state index in [2.05, 4.69) is 9.72 Å². The van der Waals surface area contributed by atoms with Crippen LogP contribution in [0.3, 0.4) is 0 Å². The summed E-state index contributed by atoms with van der Waals surface area (Å²) >= 11 is 0. The number of hydrogen-bond donors (Lipinski definition) is 1. The standard InChI is InChI=1S/C8H5F4N3O/c9-1-6-4(2-13)7(5(14)3-15-6)16-8(10,11)12/h3H,1,14H2. The maximum atomic E-state index is 12.3. The average Bonchev–Trinajstić information content (AvgIpc) is 2.19. The van der Waals surface area contributed by atoms with Crippen molar-refractivity contribution in [3.8, 4) is 11.8 Å². The lowest BCUT2D eigenvalue weighted by Crippen LogP contribution is -2.19. The molecule has 4 nitrogen and oxygen atoms in total. The number of nitrogen functional groups attached to an aromatic ring is 1. The molecule has 0 radical (unpaired) electrons. The van der Waals surface area contributed by atoms with Crippen LogP contribution in [0.5, 0.6) is 5.75 Å². The molecule has 16 heavy (non-hydrogen) atoms. The summed E-state index contributed by atoms with van der Waals surface area (Å²) in [5.41, 5.74) is 3.59. The Balaban J connectivity index is 3.31.